The van der Waals surface area contributed by atoms with Crippen molar-refractivity contribution in [1.82, 2.24) is 15.2 Å². The molecule has 0 aliphatic carbocycles. The van der Waals surface area contributed by atoms with Gasteiger partial charge < -0.3 is 15.0 Å². The van der Waals surface area contributed by atoms with E-state index in [2.05, 4.69) is 16.9 Å². The van der Waals surface area contributed by atoms with Crippen molar-refractivity contribution in [3.8, 4) is 6.19 Å². The number of hydrogen-bond acceptors (Lipinski definition) is 4. The van der Waals surface area contributed by atoms with Gasteiger partial charge in [-0.2, -0.15) is 5.26 Å². The second-order valence-electron chi connectivity index (χ2n) is 5.66. The van der Waals surface area contributed by atoms with E-state index in [1.165, 1.54) is 0 Å². The highest BCUT2D eigenvalue weighted by atomic mass is 16.5. The number of carbonyl (C=O) groups excluding carboxylic acids is 2. The normalized spacial score (nSPS) is 11.4. The number of benzene rings is 1. The quantitative estimate of drug-likeness (QED) is 0.329. The van der Waals surface area contributed by atoms with E-state index < -0.39 is 18.0 Å². The summed E-state index contributed by atoms with van der Waals surface area (Å²) in [6, 6.07) is 6.79. The molecule has 7 nitrogen and oxygen atoms in total. The highest BCUT2D eigenvalue weighted by Gasteiger charge is 2.27. The fraction of sp³-hybridized carbons (Fsp3) is 0.316. The monoisotopic (exact) mass is 354 g/mol. The van der Waals surface area contributed by atoms with Crippen molar-refractivity contribution in [3.05, 3.63) is 48.7 Å². The lowest BCUT2D eigenvalue weighted by Crippen LogP contribution is -2.48. The Morgan fingerprint density at radius 1 is 1.46 bits per heavy atom. The van der Waals surface area contributed by atoms with E-state index in [1.54, 1.807) is 19.2 Å². The van der Waals surface area contributed by atoms with Gasteiger partial charge in [0.1, 0.15) is 6.04 Å². The smallest absolute Gasteiger partial charge is 0.407 e. The third-order valence-electron chi connectivity index (χ3n) is 3.95. The first kappa shape index (κ1) is 19.1. The first-order valence-corrected chi connectivity index (χ1v) is 8.41. The number of H-pyrrole nitrogens is 1. The maximum atomic E-state index is 12.6. The molecule has 2 N–H and O–H groups in total. The van der Waals surface area contributed by atoms with E-state index in [0.29, 0.717) is 6.42 Å². The molecule has 0 bridgehead atoms. The van der Waals surface area contributed by atoms with Gasteiger partial charge in [-0.25, -0.2) is 9.69 Å². The van der Waals surface area contributed by atoms with Crippen molar-refractivity contribution in [2.24, 2.45) is 0 Å². The van der Waals surface area contributed by atoms with E-state index in [0.717, 1.165) is 21.4 Å². The number of hydrogen-bond donors (Lipinski definition) is 2. The van der Waals surface area contributed by atoms with Gasteiger partial charge in [-0.05, 0) is 25.0 Å². The zero-order chi connectivity index (χ0) is 18.9. The molecule has 136 valence electrons. The second-order valence-corrected chi connectivity index (χ2v) is 5.66. The zero-order valence-corrected chi connectivity index (χ0v) is 14.7. The average Bonchev–Trinajstić information content (AvgIpc) is 3.05. The minimum atomic E-state index is -0.898. The molecule has 2 amide bonds. The van der Waals surface area contributed by atoms with Crippen LogP contribution in [0.1, 0.15) is 18.9 Å². The minimum Gasteiger partial charge on any atom is -0.449 e. The van der Waals surface area contributed by atoms with Crippen LogP contribution in [-0.4, -0.2) is 41.1 Å². The van der Waals surface area contributed by atoms with Crippen LogP contribution in [-0.2, 0) is 16.0 Å². The van der Waals surface area contributed by atoms with Gasteiger partial charge in [-0.15, -0.1) is 6.58 Å². The topological polar surface area (TPSA) is 98.2 Å². The lowest BCUT2D eigenvalue weighted by Gasteiger charge is -2.21. The number of aromatic nitrogens is 1. The number of nitriles is 1. The van der Waals surface area contributed by atoms with Gasteiger partial charge in [0.05, 0.1) is 6.61 Å². The number of amides is 2. The Labute approximate surface area is 152 Å². The molecule has 7 heteroatoms. The molecule has 26 heavy (non-hydrogen) atoms. The van der Waals surface area contributed by atoms with Crippen LogP contribution in [0.2, 0.25) is 0 Å². The Morgan fingerprint density at radius 2 is 2.23 bits per heavy atom. The van der Waals surface area contributed by atoms with Crippen molar-refractivity contribution in [2.45, 2.75) is 25.8 Å². The van der Waals surface area contributed by atoms with Crippen LogP contribution < -0.4 is 5.32 Å². The number of ether oxygens (including phenoxy) is 1. The second kappa shape index (κ2) is 9.28. The van der Waals surface area contributed by atoms with E-state index >= 15 is 0 Å². The molecule has 2 aromatic rings. The van der Waals surface area contributed by atoms with E-state index in [9.17, 15) is 9.59 Å². The molecule has 0 aliphatic heterocycles. The molecule has 0 aliphatic rings. The summed E-state index contributed by atoms with van der Waals surface area (Å²) in [4.78, 5) is 28.8. The fourth-order valence-corrected chi connectivity index (χ4v) is 2.60. The first-order chi connectivity index (χ1) is 12.6. The number of likely N-dealkylation sites (N-methyl/N-ethyl adjacent to an activating group) is 1. The minimum absolute atomic E-state index is 0.180. The van der Waals surface area contributed by atoms with Crippen LogP contribution in [0.5, 0.6) is 0 Å². The van der Waals surface area contributed by atoms with Gasteiger partial charge in [0.2, 0.25) is 0 Å². The Hall–Kier alpha value is -3.27. The third kappa shape index (κ3) is 4.63. The first-order valence-electron chi connectivity index (χ1n) is 8.41. The highest BCUT2D eigenvalue weighted by Crippen LogP contribution is 2.19. The number of nitrogens with zero attached hydrogens (tertiary/aromatic N) is 2. The van der Waals surface area contributed by atoms with E-state index in [1.807, 2.05) is 30.5 Å². The predicted molar refractivity (Wildman–Crippen MR) is 98.1 cm³/mol. The largest absolute Gasteiger partial charge is 0.449 e. The molecule has 1 aromatic carbocycles. The molecule has 1 heterocycles. The van der Waals surface area contributed by atoms with Crippen molar-refractivity contribution in [1.29, 1.82) is 5.26 Å². The number of nitrogens with one attached hydrogen (secondary N) is 2. The molecule has 0 saturated heterocycles. The molecule has 0 radical (unpaired) electrons. The molecular formula is C19H22N4O3. The van der Waals surface area contributed by atoms with Gasteiger partial charge >= 0.3 is 6.09 Å². The summed E-state index contributed by atoms with van der Waals surface area (Å²) in [5.41, 5.74) is 1.81. The Kier molecular flexibility index (Phi) is 6.80. The Balaban J connectivity index is 2.19. The number of aromatic amines is 1. The molecule has 0 saturated carbocycles. The van der Waals surface area contributed by atoms with Crippen LogP contribution in [0, 0.1) is 11.5 Å². The molecule has 1 atom stereocenters. The number of rotatable bonds is 8. The molecule has 1 aromatic heterocycles. The Morgan fingerprint density at radius 3 is 2.92 bits per heavy atom. The van der Waals surface area contributed by atoms with Crippen LogP contribution in [0.3, 0.4) is 0 Å². The molecule has 1 unspecified atom stereocenters. The van der Waals surface area contributed by atoms with Gasteiger partial charge in [-0.1, -0.05) is 24.3 Å². The number of alkyl carbamates (subject to hydrolysis) is 1. The van der Waals surface area contributed by atoms with Crippen molar-refractivity contribution >= 4 is 22.9 Å². The summed E-state index contributed by atoms with van der Waals surface area (Å²) in [6.45, 7) is 5.67. The third-order valence-corrected chi connectivity index (χ3v) is 3.95. The highest BCUT2D eigenvalue weighted by molar-refractivity contribution is 5.89. The van der Waals surface area contributed by atoms with Crippen molar-refractivity contribution < 1.29 is 14.3 Å². The van der Waals surface area contributed by atoms with Crippen LogP contribution in [0.15, 0.2) is 43.1 Å². The average molecular weight is 354 g/mol. The summed E-state index contributed by atoms with van der Waals surface area (Å²) in [7, 11) is 0. The summed E-state index contributed by atoms with van der Waals surface area (Å²) < 4.78 is 5.03. The van der Waals surface area contributed by atoms with Gasteiger partial charge in [0.15, 0.2) is 6.19 Å². The Bertz CT molecular complexity index is 822. The maximum absolute atomic E-state index is 12.6. The van der Waals surface area contributed by atoms with Gasteiger partial charge in [0.25, 0.3) is 5.91 Å². The zero-order valence-electron chi connectivity index (χ0n) is 14.7. The predicted octanol–water partition coefficient (Wildman–Crippen LogP) is 2.71. The van der Waals surface area contributed by atoms with Crippen molar-refractivity contribution in [2.75, 3.05) is 13.2 Å². The van der Waals surface area contributed by atoms with Gasteiger partial charge in [0, 0.05) is 30.1 Å². The fourth-order valence-electron chi connectivity index (χ4n) is 2.60. The van der Waals surface area contributed by atoms with Crippen molar-refractivity contribution in [3.63, 3.8) is 0 Å². The maximum Gasteiger partial charge on any atom is 0.407 e. The van der Waals surface area contributed by atoms with E-state index in [-0.39, 0.29) is 19.6 Å². The molecule has 2 rings (SSSR count). The van der Waals surface area contributed by atoms with Crippen LogP contribution in [0.25, 0.3) is 10.9 Å². The lowest BCUT2D eigenvalue weighted by atomic mass is 10.0. The lowest BCUT2D eigenvalue weighted by molar-refractivity contribution is -0.130. The summed E-state index contributed by atoms with van der Waals surface area (Å²) in [5.74, 6) is -0.471. The number of carbonyl (C=O) groups is 2. The molecular weight excluding hydrogens is 332 g/mol. The summed E-state index contributed by atoms with van der Waals surface area (Å²) >= 11 is 0. The standard InChI is InChI=1S/C19H22N4O3/c1-3-5-10-26-19(25)22-17(18(24)23(4-2)13-20)11-14-12-21-16-9-7-6-8-15(14)16/h3,6-9,12,17,21H,1,4-5,10-11H2,2H3,(H,22,25). The number of fused-ring (bicyclic) bond motifs is 1. The molecule has 0 fully saturated rings. The van der Waals surface area contributed by atoms with Crippen LogP contribution >= 0.6 is 0 Å². The SMILES string of the molecule is C=CCCOC(=O)NC(Cc1c[nH]c2ccccc12)C(=O)N(C#N)CC. The van der Waals surface area contributed by atoms with Gasteiger partial charge in [-0.3, -0.25) is 4.79 Å². The van der Waals surface area contributed by atoms with E-state index in [4.69, 9.17) is 10.00 Å². The molecule has 0 spiro atoms. The van der Waals surface area contributed by atoms with Crippen LogP contribution in [0.4, 0.5) is 4.79 Å². The number of para-hydroxylation sites is 1. The summed E-state index contributed by atoms with van der Waals surface area (Å²) in [5, 5.41) is 12.7. The summed E-state index contributed by atoms with van der Waals surface area (Å²) in [6.07, 6.45) is 5.36.